The van der Waals surface area contributed by atoms with Gasteiger partial charge in [-0.25, -0.2) is 0 Å². The second-order valence-corrected chi connectivity index (χ2v) is 18.2. The first-order valence-electron chi connectivity index (χ1n) is 22.1. The van der Waals surface area contributed by atoms with E-state index in [0.29, 0.717) is 36.8 Å². The average Bonchev–Trinajstić information content (AvgIpc) is 3.82. The maximum atomic E-state index is 13.4. The largest absolute Gasteiger partial charge is 0.508 e. The van der Waals surface area contributed by atoms with Crippen molar-refractivity contribution in [3.8, 4) is 11.5 Å². The highest BCUT2D eigenvalue weighted by atomic mass is 16.5. The lowest BCUT2D eigenvalue weighted by Crippen LogP contribution is -2.58. The van der Waals surface area contributed by atoms with Crippen LogP contribution in [0.4, 0.5) is 11.4 Å². The van der Waals surface area contributed by atoms with Crippen LogP contribution in [-0.4, -0.2) is 102 Å². The van der Waals surface area contributed by atoms with Crippen LogP contribution in [0.1, 0.15) is 95.0 Å². The molecule has 4 aromatic rings. The first kappa shape index (κ1) is 37.6. The fourth-order valence-electron chi connectivity index (χ4n) is 11.7. The Hall–Kier alpha value is -5.39. The van der Waals surface area contributed by atoms with Crippen LogP contribution in [0.5, 0.6) is 11.5 Å². The molecule has 4 saturated heterocycles. The summed E-state index contributed by atoms with van der Waals surface area (Å²) in [4.78, 5) is 46.9. The van der Waals surface area contributed by atoms with E-state index in [-0.39, 0.29) is 41.9 Å². The number of aromatic hydroxyl groups is 1. The molecule has 5 atom stereocenters. The minimum Gasteiger partial charge on any atom is -0.508 e. The Labute approximate surface area is 351 Å². The van der Waals surface area contributed by atoms with Crippen LogP contribution in [-0.2, 0) is 27.3 Å². The molecular formula is C49H53N5O6. The van der Waals surface area contributed by atoms with Gasteiger partial charge in [-0.15, -0.1) is 0 Å². The number of hydrogen-bond acceptors (Lipinski definition) is 9. The number of benzene rings is 4. The summed E-state index contributed by atoms with van der Waals surface area (Å²) >= 11 is 0. The summed E-state index contributed by atoms with van der Waals surface area (Å²) in [7, 11) is 0. The molecule has 6 heterocycles. The van der Waals surface area contributed by atoms with Crippen molar-refractivity contribution in [2.75, 3.05) is 55.7 Å². The molecular weight excluding hydrogens is 755 g/mol. The predicted octanol–water partition coefficient (Wildman–Crippen LogP) is 6.12. The molecule has 0 saturated carbocycles. The smallest absolute Gasteiger partial charge is 0.255 e. The second-order valence-electron chi connectivity index (χ2n) is 18.2. The zero-order valence-electron chi connectivity index (χ0n) is 34.1. The van der Waals surface area contributed by atoms with Gasteiger partial charge in [0.2, 0.25) is 11.8 Å². The Morgan fingerprint density at radius 1 is 0.800 bits per heavy atom. The van der Waals surface area contributed by atoms with E-state index >= 15 is 0 Å². The monoisotopic (exact) mass is 807 g/mol. The van der Waals surface area contributed by atoms with E-state index in [2.05, 4.69) is 80.7 Å². The van der Waals surface area contributed by atoms with E-state index in [1.165, 1.54) is 27.9 Å². The normalized spacial score (nSPS) is 27.2. The van der Waals surface area contributed by atoms with E-state index in [1.807, 2.05) is 24.3 Å². The predicted molar refractivity (Wildman–Crippen MR) is 228 cm³/mol. The number of rotatable bonds is 6. The van der Waals surface area contributed by atoms with Crippen molar-refractivity contribution in [2.45, 2.75) is 93.5 Å². The molecule has 7 aliphatic rings. The molecule has 1 unspecified atom stereocenters. The molecule has 6 aliphatic heterocycles. The van der Waals surface area contributed by atoms with Crippen LogP contribution in [0.25, 0.3) is 0 Å². The number of phenols is 1. The molecule has 11 heteroatoms. The van der Waals surface area contributed by atoms with Crippen molar-refractivity contribution < 1.29 is 29.0 Å². The zero-order chi connectivity index (χ0) is 40.5. The van der Waals surface area contributed by atoms with Gasteiger partial charge in [0.25, 0.3) is 5.91 Å². The lowest BCUT2D eigenvalue weighted by molar-refractivity contribution is -0.136. The number of carbonyl (C=O) groups is 3. The highest BCUT2D eigenvalue weighted by Gasteiger charge is 2.46. The third-order valence-electron chi connectivity index (χ3n) is 14.9. The summed E-state index contributed by atoms with van der Waals surface area (Å²) in [6.07, 6.45) is 7.12. The first-order chi connectivity index (χ1) is 29.3. The van der Waals surface area contributed by atoms with Crippen molar-refractivity contribution in [3.05, 3.63) is 118 Å². The summed E-state index contributed by atoms with van der Waals surface area (Å²) in [5.74, 6) is 0.892. The topological polar surface area (TPSA) is 115 Å². The number of piperidine rings is 2. The fraction of sp³-hybridized carbons (Fsp3) is 0.449. The summed E-state index contributed by atoms with van der Waals surface area (Å²) in [6.45, 7) is 6.48. The Morgan fingerprint density at radius 2 is 1.63 bits per heavy atom. The highest BCUT2D eigenvalue weighted by Crippen LogP contribution is 2.48. The van der Waals surface area contributed by atoms with Gasteiger partial charge in [0, 0.05) is 68.4 Å². The molecule has 4 fully saturated rings. The number of phenolic OH excluding ortho intramolecular Hbond substituents is 1. The minimum atomic E-state index is -0.640. The van der Waals surface area contributed by atoms with Gasteiger partial charge >= 0.3 is 0 Å². The maximum absolute atomic E-state index is 13.4. The molecule has 11 nitrogen and oxygen atoms in total. The number of imide groups is 1. The number of ether oxygens (including phenoxy) is 2. The standard InChI is InChI=1S/C49H53N5O6/c55-36-11-13-39-33(26-36)8-12-38(31-4-2-1-3-5-31)45(39)32-6-9-34(10-7-32)52-22-20-49(21-23-52)19-18-37(60-49)28-51-24-25-53-35(27-51)30-59-46-41-29-54(43-16-17-44(56)50-47(43)57)48(58)40(41)14-15-42(46)53/h1-7,9-11,13-15,26,35,37-38,43,45,55H,8,12,16-25,27-30H2,(H,50,56,57)/t35-,37?,38-,43+,45+/m1/s1. The van der Waals surface area contributed by atoms with Crippen LogP contribution < -0.4 is 19.9 Å². The molecule has 3 amide bonds. The lowest BCUT2D eigenvalue weighted by Gasteiger charge is -2.46. The summed E-state index contributed by atoms with van der Waals surface area (Å²) in [6, 6.07) is 29.6. The van der Waals surface area contributed by atoms with Gasteiger partial charge in [-0.2, -0.15) is 0 Å². The van der Waals surface area contributed by atoms with E-state index in [1.54, 1.807) is 4.90 Å². The van der Waals surface area contributed by atoms with Gasteiger partial charge in [0.15, 0.2) is 0 Å². The average molecular weight is 808 g/mol. The number of nitrogens with one attached hydrogen (secondary N) is 1. The number of nitrogens with zero attached hydrogens (tertiary/aromatic N) is 4. The van der Waals surface area contributed by atoms with Crippen LogP contribution in [0.15, 0.2) is 84.9 Å². The summed E-state index contributed by atoms with van der Waals surface area (Å²) in [5, 5.41) is 12.7. The number of anilines is 2. The fourth-order valence-corrected chi connectivity index (χ4v) is 11.7. The van der Waals surface area contributed by atoms with Crippen molar-refractivity contribution >= 4 is 29.1 Å². The number of hydrogen-bond donors (Lipinski definition) is 2. The minimum absolute atomic E-state index is 0.0460. The van der Waals surface area contributed by atoms with Crippen molar-refractivity contribution in [3.63, 3.8) is 0 Å². The zero-order valence-corrected chi connectivity index (χ0v) is 34.1. The van der Waals surface area contributed by atoms with E-state index < -0.39 is 11.9 Å². The van der Waals surface area contributed by atoms with Crippen molar-refractivity contribution in [1.82, 2.24) is 15.1 Å². The molecule has 0 radical (unpaired) electrons. The quantitative estimate of drug-likeness (QED) is 0.223. The van der Waals surface area contributed by atoms with Gasteiger partial charge in [0.05, 0.1) is 30.0 Å². The molecule has 4 aromatic carbocycles. The Balaban J connectivity index is 0.700. The van der Waals surface area contributed by atoms with Gasteiger partial charge in [-0.3, -0.25) is 24.6 Å². The third kappa shape index (κ3) is 6.61. The molecule has 0 bridgehead atoms. The number of aryl methyl sites for hydroxylation is 1. The Kier molecular flexibility index (Phi) is 9.37. The number of amides is 3. The molecule has 1 aliphatic carbocycles. The van der Waals surface area contributed by atoms with Gasteiger partial charge in [-0.05, 0) is 110 Å². The van der Waals surface area contributed by atoms with E-state index in [0.717, 1.165) is 94.8 Å². The maximum Gasteiger partial charge on any atom is 0.255 e. The van der Waals surface area contributed by atoms with Crippen LogP contribution in [0.3, 0.4) is 0 Å². The number of piperazine rings is 1. The molecule has 0 aromatic heterocycles. The lowest BCUT2D eigenvalue weighted by atomic mass is 9.69. The van der Waals surface area contributed by atoms with E-state index in [9.17, 15) is 19.5 Å². The number of fused-ring (bicyclic) bond motifs is 6. The van der Waals surface area contributed by atoms with Crippen LogP contribution in [0.2, 0.25) is 0 Å². The molecule has 310 valence electrons. The number of carbonyl (C=O) groups excluding carboxylic acids is 3. The summed E-state index contributed by atoms with van der Waals surface area (Å²) in [5.41, 5.74) is 8.99. The third-order valence-corrected chi connectivity index (χ3v) is 14.9. The Morgan fingerprint density at radius 3 is 2.45 bits per heavy atom. The first-order valence-corrected chi connectivity index (χ1v) is 22.1. The summed E-state index contributed by atoms with van der Waals surface area (Å²) < 4.78 is 13.4. The van der Waals surface area contributed by atoms with Crippen LogP contribution in [0, 0.1) is 0 Å². The second kappa shape index (κ2) is 15.0. The van der Waals surface area contributed by atoms with Crippen LogP contribution >= 0.6 is 0 Å². The molecule has 1 spiro atoms. The molecule has 60 heavy (non-hydrogen) atoms. The molecule has 2 N–H and O–H groups in total. The van der Waals surface area contributed by atoms with Gasteiger partial charge in [0.1, 0.15) is 24.1 Å². The SMILES string of the molecule is O=C1CC[C@H](N2Cc3c(ccc4c3OC[C@H]3CN(CC5CCC6(CCN(c7ccc([C@@H]8c9ccc(O)cc9CC[C@@H]8c8ccccc8)cc7)CC6)O5)CCN43)C2=O)C(=O)N1. The van der Waals surface area contributed by atoms with E-state index in [4.69, 9.17) is 9.47 Å². The van der Waals surface area contributed by atoms with Crippen molar-refractivity contribution in [2.24, 2.45) is 0 Å². The molecule has 11 rings (SSSR count). The van der Waals surface area contributed by atoms with Crippen molar-refractivity contribution in [1.29, 1.82) is 0 Å². The van der Waals surface area contributed by atoms with Gasteiger partial charge < -0.3 is 29.3 Å². The highest BCUT2D eigenvalue weighted by molar-refractivity contribution is 6.06. The van der Waals surface area contributed by atoms with Gasteiger partial charge in [-0.1, -0.05) is 48.5 Å². The Bertz CT molecular complexity index is 2330.